The van der Waals surface area contributed by atoms with Crippen LogP contribution in [0.3, 0.4) is 0 Å². The van der Waals surface area contributed by atoms with Crippen LogP contribution in [0.1, 0.15) is 40.0 Å². The van der Waals surface area contributed by atoms with E-state index in [0.717, 1.165) is 26.2 Å². The number of rotatable bonds is 3. The fourth-order valence-electron chi connectivity index (χ4n) is 3.26. The maximum absolute atomic E-state index is 13.1. The normalized spacial score (nSPS) is 17.5. The number of aromatic nitrogens is 3. The number of amides is 2. The van der Waals surface area contributed by atoms with Gasteiger partial charge in [-0.15, -0.1) is 16.4 Å². The van der Waals surface area contributed by atoms with Crippen LogP contribution in [0.5, 0.6) is 0 Å². The molecule has 0 radical (unpaired) electrons. The van der Waals surface area contributed by atoms with Crippen molar-refractivity contribution in [1.29, 1.82) is 0 Å². The molecule has 11 heteroatoms. The van der Waals surface area contributed by atoms with Gasteiger partial charge in [-0.1, -0.05) is 4.49 Å². The van der Waals surface area contributed by atoms with Crippen LogP contribution >= 0.6 is 38.8 Å². The number of likely N-dealkylation sites (tertiary alicyclic amines) is 1. The average molecular weight is 482 g/mol. The summed E-state index contributed by atoms with van der Waals surface area (Å²) in [7, 11) is 0. The summed E-state index contributed by atoms with van der Waals surface area (Å²) in [5.74, 6) is -0.306. The third-order valence-electron chi connectivity index (χ3n) is 4.67. The molecular formula is C17H16BrN5O3S2. The topological polar surface area (TPSA) is 108 Å². The zero-order valence-electron chi connectivity index (χ0n) is 14.6. The SMILES string of the molecule is O=C(NC1CCCN(C(=O)c2c(Br)sc3nnsc23)CC1)c1cc[nH]c(=O)c1. The Bertz CT molecular complexity index is 1090. The standard InChI is InChI=1S/C17H16BrN5O3S2/c18-14-12(13-16(27-14)21-22-28-13)17(26)23-6-1-2-10(4-7-23)20-15(25)9-3-5-19-11(24)8-9/h3,5,8,10H,1-2,4,6-7H2,(H,19,24)(H,20,25). The van der Waals surface area contributed by atoms with Crippen molar-refractivity contribution in [3.63, 3.8) is 0 Å². The van der Waals surface area contributed by atoms with E-state index in [-0.39, 0.29) is 23.4 Å². The lowest BCUT2D eigenvalue weighted by Gasteiger charge is -2.20. The number of thiophene rings is 1. The van der Waals surface area contributed by atoms with Gasteiger partial charge in [0, 0.05) is 37.0 Å². The lowest BCUT2D eigenvalue weighted by atomic mass is 10.1. The molecule has 0 aromatic carbocycles. The molecule has 1 saturated heterocycles. The van der Waals surface area contributed by atoms with Crippen molar-refractivity contribution in [2.24, 2.45) is 0 Å². The van der Waals surface area contributed by atoms with Crippen LogP contribution in [0.2, 0.25) is 0 Å². The van der Waals surface area contributed by atoms with Crippen molar-refractivity contribution in [3.05, 3.63) is 43.6 Å². The summed E-state index contributed by atoms with van der Waals surface area (Å²) in [6, 6.07) is 2.82. The molecule has 146 valence electrons. The number of carbonyl (C=O) groups excluding carboxylic acids is 2. The molecule has 0 spiro atoms. The Kier molecular flexibility index (Phi) is 5.56. The highest BCUT2D eigenvalue weighted by Crippen LogP contribution is 2.37. The predicted molar refractivity (Wildman–Crippen MR) is 111 cm³/mol. The summed E-state index contributed by atoms with van der Waals surface area (Å²) in [6.45, 7) is 1.18. The first-order valence-electron chi connectivity index (χ1n) is 8.72. The Labute approximate surface area is 176 Å². The highest BCUT2D eigenvalue weighted by Gasteiger charge is 2.27. The van der Waals surface area contributed by atoms with Gasteiger partial charge in [0.1, 0.15) is 4.70 Å². The van der Waals surface area contributed by atoms with Gasteiger partial charge < -0.3 is 15.2 Å². The number of halogens is 1. The Hall–Kier alpha value is -2.11. The van der Waals surface area contributed by atoms with Gasteiger partial charge in [-0.3, -0.25) is 14.4 Å². The van der Waals surface area contributed by atoms with Gasteiger partial charge in [0.2, 0.25) is 5.56 Å². The van der Waals surface area contributed by atoms with Gasteiger partial charge in [0.15, 0.2) is 4.83 Å². The first-order valence-corrected chi connectivity index (χ1v) is 11.1. The lowest BCUT2D eigenvalue weighted by Crippen LogP contribution is -2.37. The van der Waals surface area contributed by atoms with Gasteiger partial charge in [-0.25, -0.2) is 0 Å². The molecule has 0 aliphatic carbocycles. The highest BCUT2D eigenvalue weighted by molar-refractivity contribution is 9.11. The van der Waals surface area contributed by atoms with Gasteiger partial charge in [-0.2, -0.15) is 0 Å². The van der Waals surface area contributed by atoms with E-state index in [9.17, 15) is 14.4 Å². The summed E-state index contributed by atoms with van der Waals surface area (Å²) in [4.78, 5) is 41.9. The Balaban J connectivity index is 1.43. The third kappa shape index (κ3) is 3.87. The fraction of sp³-hybridized carbons (Fsp3) is 0.353. The molecule has 8 nitrogen and oxygen atoms in total. The summed E-state index contributed by atoms with van der Waals surface area (Å²) in [5.41, 5.74) is 0.653. The summed E-state index contributed by atoms with van der Waals surface area (Å²) in [5, 5.41) is 7.02. The maximum Gasteiger partial charge on any atom is 0.257 e. The van der Waals surface area contributed by atoms with Crippen LogP contribution in [0, 0.1) is 0 Å². The molecule has 1 atom stereocenters. The first kappa shape index (κ1) is 19.2. The minimum Gasteiger partial charge on any atom is -0.349 e. The number of pyridine rings is 1. The quantitative estimate of drug-likeness (QED) is 0.597. The van der Waals surface area contributed by atoms with Crippen LogP contribution in [0.4, 0.5) is 0 Å². The Morgan fingerprint density at radius 3 is 3.00 bits per heavy atom. The second-order valence-electron chi connectivity index (χ2n) is 6.49. The van der Waals surface area contributed by atoms with Crippen molar-refractivity contribution in [2.45, 2.75) is 25.3 Å². The van der Waals surface area contributed by atoms with Gasteiger partial charge >= 0.3 is 0 Å². The van der Waals surface area contributed by atoms with Crippen LogP contribution in [0.25, 0.3) is 9.53 Å². The summed E-state index contributed by atoms with van der Waals surface area (Å²) in [6.07, 6.45) is 3.68. The Morgan fingerprint density at radius 2 is 2.18 bits per heavy atom. The number of H-pyrrole nitrogens is 1. The molecule has 4 rings (SSSR count). The maximum atomic E-state index is 13.1. The van der Waals surface area contributed by atoms with Crippen molar-refractivity contribution in [1.82, 2.24) is 24.8 Å². The summed E-state index contributed by atoms with van der Waals surface area (Å²) >= 11 is 6.11. The van der Waals surface area contributed by atoms with E-state index in [2.05, 4.69) is 35.8 Å². The zero-order chi connectivity index (χ0) is 19.7. The molecule has 2 amide bonds. The number of carbonyl (C=O) groups is 2. The zero-order valence-corrected chi connectivity index (χ0v) is 17.8. The minimum absolute atomic E-state index is 0.0363. The molecule has 1 aliphatic rings. The minimum atomic E-state index is -0.310. The molecule has 0 saturated carbocycles. The third-order valence-corrected chi connectivity index (χ3v) is 7.29. The van der Waals surface area contributed by atoms with E-state index < -0.39 is 0 Å². The second kappa shape index (κ2) is 8.10. The molecule has 4 heterocycles. The van der Waals surface area contributed by atoms with Crippen molar-refractivity contribution in [2.75, 3.05) is 13.1 Å². The van der Waals surface area contributed by atoms with E-state index in [0.29, 0.717) is 30.6 Å². The largest absolute Gasteiger partial charge is 0.349 e. The summed E-state index contributed by atoms with van der Waals surface area (Å²) < 4.78 is 5.51. The molecule has 28 heavy (non-hydrogen) atoms. The molecule has 1 aliphatic heterocycles. The van der Waals surface area contributed by atoms with E-state index in [1.54, 1.807) is 6.07 Å². The van der Waals surface area contributed by atoms with Crippen LogP contribution < -0.4 is 10.9 Å². The number of aromatic amines is 1. The van der Waals surface area contributed by atoms with Gasteiger partial charge in [0.25, 0.3) is 11.8 Å². The Morgan fingerprint density at radius 1 is 1.32 bits per heavy atom. The van der Waals surface area contributed by atoms with Crippen molar-refractivity contribution in [3.8, 4) is 0 Å². The number of nitrogens with one attached hydrogen (secondary N) is 2. The fourth-order valence-corrected chi connectivity index (χ4v) is 5.92. The van der Waals surface area contributed by atoms with Gasteiger partial charge in [0.05, 0.1) is 9.35 Å². The van der Waals surface area contributed by atoms with E-state index in [1.807, 2.05) is 4.90 Å². The van der Waals surface area contributed by atoms with Gasteiger partial charge in [-0.05, 0) is 52.8 Å². The van der Waals surface area contributed by atoms with Crippen LogP contribution in [-0.2, 0) is 0 Å². The van der Waals surface area contributed by atoms with E-state index in [4.69, 9.17) is 0 Å². The highest BCUT2D eigenvalue weighted by atomic mass is 79.9. The van der Waals surface area contributed by atoms with Crippen molar-refractivity contribution < 1.29 is 9.59 Å². The van der Waals surface area contributed by atoms with Crippen LogP contribution in [-0.4, -0.2) is 50.4 Å². The number of hydrogen-bond acceptors (Lipinski definition) is 7. The molecule has 0 bridgehead atoms. The number of hydrogen-bond donors (Lipinski definition) is 2. The van der Waals surface area contributed by atoms with E-state index >= 15 is 0 Å². The molecule has 1 fully saturated rings. The van der Waals surface area contributed by atoms with Crippen molar-refractivity contribution >= 4 is 60.1 Å². The molecular weight excluding hydrogens is 466 g/mol. The predicted octanol–water partition coefficient (Wildman–Crippen LogP) is 2.63. The molecule has 3 aromatic heterocycles. The van der Waals surface area contributed by atoms with E-state index in [1.165, 1.54) is 35.1 Å². The molecule has 2 N–H and O–H groups in total. The monoisotopic (exact) mass is 481 g/mol. The smallest absolute Gasteiger partial charge is 0.257 e. The second-order valence-corrected chi connectivity index (χ2v) is 9.56. The average Bonchev–Trinajstić information content (AvgIpc) is 3.14. The molecule has 1 unspecified atom stereocenters. The number of nitrogens with zero attached hydrogens (tertiary/aromatic N) is 3. The van der Waals surface area contributed by atoms with Crippen LogP contribution in [0.15, 0.2) is 26.9 Å². The molecule has 3 aromatic rings. The number of fused-ring (bicyclic) bond motifs is 1. The first-order chi connectivity index (χ1) is 13.5. The lowest BCUT2D eigenvalue weighted by molar-refractivity contribution is 0.0762.